The number of aryl methyl sites for hydroxylation is 1. The molecule has 1 N–H and O–H groups in total. The molecule has 0 unspecified atom stereocenters. The summed E-state index contributed by atoms with van der Waals surface area (Å²) in [6, 6.07) is 12.4. The lowest BCUT2D eigenvalue weighted by molar-refractivity contribution is 0.0464. The number of esters is 1. The van der Waals surface area contributed by atoms with Crippen LogP contribution in [-0.4, -0.2) is 26.7 Å². The number of aromatic nitrogens is 1. The van der Waals surface area contributed by atoms with Gasteiger partial charge in [-0.05, 0) is 42.8 Å². The molecule has 10 heteroatoms. The molecule has 0 aliphatic rings. The van der Waals surface area contributed by atoms with Gasteiger partial charge in [0.2, 0.25) is 10.0 Å². The summed E-state index contributed by atoms with van der Waals surface area (Å²) in [6.07, 6.45) is 0. The number of sulfonamides is 1. The first-order chi connectivity index (χ1) is 14.3. The number of halogens is 1. The lowest BCUT2D eigenvalue weighted by atomic mass is 10.2. The molecule has 0 fully saturated rings. The molecule has 1 heterocycles. The molecule has 0 saturated heterocycles. The Morgan fingerprint density at radius 2 is 1.90 bits per heavy atom. The van der Waals surface area contributed by atoms with Crippen LogP contribution in [0.1, 0.15) is 27.4 Å². The van der Waals surface area contributed by atoms with Crippen molar-refractivity contribution in [3.8, 4) is 5.75 Å². The van der Waals surface area contributed by atoms with Gasteiger partial charge in [0.25, 0.3) is 0 Å². The smallest absolute Gasteiger partial charge is 0.338 e. The first-order valence-corrected chi connectivity index (χ1v) is 10.7. The van der Waals surface area contributed by atoms with E-state index in [9.17, 15) is 13.2 Å². The standard InChI is InChI=1S/C20H19ClN2O6S/c1-13-9-17(23-29-13)12-28-20(24)15-5-8-18(27-2)19(10-15)30(25,26)22-11-14-3-6-16(21)7-4-14/h3-10,22H,11-12H2,1-2H3. The summed E-state index contributed by atoms with van der Waals surface area (Å²) in [6.45, 7) is 1.66. The van der Waals surface area contributed by atoms with Crippen LogP contribution in [0.3, 0.4) is 0 Å². The summed E-state index contributed by atoms with van der Waals surface area (Å²) in [7, 11) is -2.63. The SMILES string of the molecule is COc1ccc(C(=O)OCc2cc(C)on2)cc1S(=O)(=O)NCc1ccc(Cl)cc1. The van der Waals surface area contributed by atoms with Gasteiger partial charge in [-0.2, -0.15) is 0 Å². The number of nitrogens with one attached hydrogen (secondary N) is 1. The van der Waals surface area contributed by atoms with Crippen LogP contribution >= 0.6 is 11.6 Å². The largest absolute Gasteiger partial charge is 0.495 e. The molecule has 0 spiro atoms. The molecule has 0 bridgehead atoms. The summed E-state index contributed by atoms with van der Waals surface area (Å²) in [5.41, 5.74) is 1.23. The summed E-state index contributed by atoms with van der Waals surface area (Å²) in [4.78, 5) is 12.2. The first kappa shape index (κ1) is 21.8. The van der Waals surface area contributed by atoms with Gasteiger partial charge in [-0.15, -0.1) is 0 Å². The van der Waals surface area contributed by atoms with Crippen molar-refractivity contribution in [2.45, 2.75) is 25.0 Å². The molecule has 3 rings (SSSR count). The number of ether oxygens (including phenoxy) is 2. The van der Waals surface area contributed by atoms with Gasteiger partial charge in [0.1, 0.15) is 28.7 Å². The van der Waals surface area contributed by atoms with Crippen LogP contribution in [0, 0.1) is 6.92 Å². The predicted molar refractivity (Wildman–Crippen MR) is 109 cm³/mol. The minimum absolute atomic E-state index is 0.0445. The molecule has 0 aliphatic heterocycles. The van der Waals surface area contributed by atoms with Crippen molar-refractivity contribution in [2.75, 3.05) is 7.11 Å². The number of methoxy groups -OCH3 is 1. The van der Waals surface area contributed by atoms with Gasteiger partial charge in [-0.3, -0.25) is 0 Å². The molecular weight excluding hydrogens is 432 g/mol. The molecule has 8 nitrogen and oxygen atoms in total. The average Bonchev–Trinajstić information content (AvgIpc) is 3.16. The fourth-order valence-electron chi connectivity index (χ4n) is 2.58. The lowest BCUT2D eigenvalue weighted by Crippen LogP contribution is -2.24. The van der Waals surface area contributed by atoms with E-state index in [2.05, 4.69) is 9.88 Å². The molecule has 0 aliphatic carbocycles. The second-order valence-corrected chi connectivity index (χ2v) is 8.49. The van der Waals surface area contributed by atoms with E-state index in [-0.39, 0.29) is 29.4 Å². The summed E-state index contributed by atoms with van der Waals surface area (Å²) < 4.78 is 43.4. The third kappa shape index (κ3) is 5.38. The highest BCUT2D eigenvalue weighted by atomic mass is 35.5. The molecule has 2 aromatic carbocycles. The van der Waals surface area contributed by atoms with Crippen LogP contribution < -0.4 is 9.46 Å². The lowest BCUT2D eigenvalue weighted by Gasteiger charge is -2.12. The van der Waals surface area contributed by atoms with Gasteiger partial charge in [-0.1, -0.05) is 28.9 Å². The number of nitrogens with zero attached hydrogens (tertiary/aromatic N) is 1. The maximum Gasteiger partial charge on any atom is 0.338 e. The highest BCUT2D eigenvalue weighted by molar-refractivity contribution is 7.89. The number of rotatable bonds is 8. The predicted octanol–water partition coefficient (Wildman–Crippen LogP) is 3.48. The van der Waals surface area contributed by atoms with E-state index in [1.54, 1.807) is 37.3 Å². The minimum atomic E-state index is -3.97. The monoisotopic (exact) mass is 450 g/mol. The van der Waals surface area contributed by atoms with E-state index in [0.717, 1.165) is 5.56 Å². The molecule has 158 valence electrons. The maximum atomic E-state index is 12.8. The minimum Gasteiger partial charge on any atom is -0.495 e. The third-order valence-corrected chi connectivity index (χ3v) is 5.77. The van der Waals surface area contributed by atoms with Crippen LogP contribution in [0.2, 0.25) is 5.02 Å². The molecule has 0 atom stereocenters. The van der Waals surface area contributed by atoms with E-state index in [1.807, 2.05) is 0 Å². The zero-order chi connectivity index (χ0) is 21.7. The second kappa shape index (κ2) is 9.29. The molecule has 0 radical (unpaired) electrons. The van der Waals surface area contributed by atoms with E-state index in [1.165, 1.54) is 25.3 Å². The van der Waals surface area contributed by atoms with E-state index in [4.69, 9.17) is 25.6 Å². The molecule has 30 heavy (non-hydrogen) atoms. The van der Waals surface area contributed by atoms with Gasteiger partial charge in [-0.25, -0.2) is 17.9 Å². The number of carbonyl (C=O) groups excluding carboxylic acids is 1. The second-order valence-electron chi connectivity index (χ2n) is 6.32. The van der Waals surface area contributed by atoms with Crippen LogP contribution in [0.4, 0.5) is 0 Å². The Hall–Kier alpha value is -2.88. The third-order valence-electron chi connectivity index (χ3n) is 4.10. The number of hydrogen-bond donors (Lipinski definition) is 1. The zero-order valence-corrected chi connectivity index (χ0v) is 17.8. The van der Waals surface area contributed by atoms with Crippen LogP contribution in [0.5, 0.6) is 5.75 Å². The molecular formula is C20H19ClN2O6S. The molecule has 3 aromatic rings. The van der Waals surface area contributed by atoms with Crippen molar-refractivity contribution in [3.63, 3.8) is 0 Å². The number of benzene rings is 2. The van der Waals surface area contributed by atoms with E-state index < -0.39 is 16.0 Å². The van der Waals surface area contributed by atoms with Crippen LogP contribution in [-0.2, 0) is 27.9 Å². The van der Waals surface area contributed by atoms with Crippen molar-refractivity contribution >= 4 is 27.6 Å². The fourth-order valence-corrected chi connectivity index (χ4v) is 3.92. The number of carbonyl (C=O) groups is 1. The Labute approximate surface area is 178 Å². The van der Waals surface area contributed by atoms with Crippen molar-refractivity contribution in [2.24, 2.45) is 0 Å². The Morgan fingerprint density at radius 1 is 1.17 bits per heavy atom. The van der Waals surface area contributed by atoms with E-state index in [0.29, 0.717) is 16.5 Å². The number of hydrogen-bond acceptors (Lipinski definition) is 7. The van der Waals surface area contributed by atoms with Crippen LogP contribution in [0.25, 0.3) is 0 Å². The zero-order valence-electron chi connectivity index (χ0n) is 16.2. The highest BCUT2D eigenvalue weighted by Gasteiger charge is 2.22. The van der Waals surface area contributed by atoms with Gasteiger partial charge < -0.3 is 14.0 Å². The molecule has 0 amide bonds. The Kier molecular flexibility index (Phi) is 6.76. The average molecular weight is 451 g/mol. The van der Waals surface area contributed by atoms with Crippen LogP contribution in [0.15, 0.2) is 57.9 Å². The topological polar surface area (TPSA) is 108 Å². The van der Waals surface area contributed by atoms with Gasteiger partial charge in [0.05, 0.1) is 12.7 Å². The van der Waals surface area contributed by atoms with Crippen molar-refractivity contribution in [3.05, 3.63) is 76.1 Å². The summed E-state index contributed by atoms with van der Waals surface area (Å²) >= 11 is 5.84. The normalized spacial score (nSPS) is 11.3. The summed E-state index contributed by atoms with van der Waals surface area (Å²) in [5.74, 6) is -0.0135. The Balaban J connectivity index is 1.76. The van der Waals surface area contributed by atoms with Crippen molar-refractivity contribution in [1.82, 2.24) is 9.88 Å². The molecule has 1 aromatic heterocycles. The van der Waals surface area contributed by atoms with E-state index >= 15 is 0 Å². The van der Waals surface area contributed by atoms with Gasteiger partial charge >= 0.3 is 5.97 Å². The van der Waals surface area contributed by atoms with Crippen molar-refractivity contribution < 1.29 is 27.2 Å². The highest BCUT2D eigenvalue weighted by Crippen LogP contribution is 2.25. The van der Waals surface area contributed by atoms with Gasteiger partial charge in [0.15, 0.2) is 0 Å². The van der Waals surface area contributed by atoms with Crippen molar-refractivity contribution in [1.29, 1.82) is 0 Å². The fraction of sp³-hybridized carbons (Fsp3) is 0.200. The summed E-state index contributed by atoms with van der Waals surface area (Å²) in [5, 5.41) is 4.29. The maximum absolute atomic E-state index is 12.8. The quantitative estimate of drug-likeness (QED) is 0.523. The molecule has 0 saturated carbocycles. The Morgan fingerprint density at radius 3 is 2.53 bits per heavy atom. The van der Waals surface area contributed by atoms with Gasteiger partial charge in [0, 0.05) is 17.6 Å². The Bertz CT molecular complexity index is 1140. The first-order valence-electron chi connectivity index (χ1n) is 8.80.